The van der Waals surface area contributed by atoms with Crippen LogP contribution in [0.1, 0.15) is 10.4 Å². The number of para-hydroxylation sites is 2. The molecule has 0 spiro atoms. The molecular formula is C16H13NO2S2. The number of benzene rings is 2. The van der Waals surface area contributed by atoms with Crippen molar-refractivity contribution >= 4 is 35.1 Å². The smallest absolute Gasteiger partial charge is 0.259 e. The molecule has 1 fully saturated rings. The number of rotatable bonds is 3. The normalized spacial score (nSPS) is 18.9. The van der Waals surface area contributed by atoms with Crippen molar-refractivity contribution in [1.82, 2.24) is 0 Å². The largest absolute Gasteiger partial charge is 0.454 e. The maximum absolute atomic E-state index is 12.4. The molecule has 0 radical (unpaired) electrons. The number of anilines is 1. The van der Waals surface area contributed by atoms with Gasteiger partial charge in [0.2, 0.25) is 0 Å². The second-order valence-electron chi connectivity index (χ2n) is 4.98. The third-order valence-electron chi connectivity index (χ3n) is 3.39. The van der Waals surface area contributed by atoms with Crippen LogP contribution >= 0.6 is 23.5 Å². The molecule has 2 aliphatic rings. The number of carbonyl (C=O) groups is 1. The molecule has 0 aliphatic carbocycles. The van der Waals surface area contributed by atoms with Crippen molar-refractivity contribution in [1.29, 1.82) is 0 Å². The number of nitrogens with one attached hydrogen (secondary N) is 1. The lowest BCUT2D eigenvalue weighted by atomic mass is 10.2. The molecule has 0 bridgehead atoms. The van der Waals surface area contributed by atoms with Gasteiger partial charge in [-0.2, -0.15) is 11.8 Å². The van der Waals surface area contributed by atoms with E-state index in [1.165, 1.54) is 5.75 Å². The van der Waals surface area contributed by atoms with Gasteiger partial charge in [-0.05, 0) is 30.3 Å². The zero-order valence-corrected chi connectivity index (χ0v) is 12.8. The molecule has 1 unspecified atom stereocenters. The molecule has 21 heavy (non-hydrogen) atoms. The van der Waals surface area contributed by atoms with Gasteiger partial charge in [-0.3, -0.25) is 4.79 Å². The van der Waals surface area contributed by atoms with Crippen LogP contribution < -0.4 is 10.1 Å². The van der Waals surface area contributed by atoms with Crippen LogP contribution in [0.4, 0.5) is 5.69 Å². The minimum absolute atomic E-state index is 0.113. The summed E-state index contributed by atoms with van der Waals surface area (Å²) in [4.78, 5) is 13.5. The molecule has 0 saturated carbocycles. The zero-order valence-electron chi connectivity index (χ0n) is 11.2. The fourth-order valence-electron chi connectivity index (χ4n) is 2.19. The van der Waals surface area contributed by atoms with Crippen molar-refractivity contribution in [2.45, 2.75) is 10.1 Å². The standard InChI is InChI=1S/C16H13NO2S2/c18-16-12-7-10(20-8-11-9-21-11)5-6-14(12)19-15-4-2-1-3-13(15)17-16/h1-7,11H,8-9H2,(H,17,18). The van der Waals surface area contributed by atoms with E-state index in [1.807, 2.05) is 54.2 Å². The lowest BCUT2D eigenvalue weighted by Crippen LogP contribution is -2.10. The Kier molecular flexibility index (Phi) is 3.31. The quantitative estimate of drug-likeness (QED) is 0.679. The van der Waals surface area contributed by atoms with Crippen molar-refractivity contribution in [3.63, 3.8) is 0 Å². The summed E-state index contributed by atoms with van der Waals surface area (Å²) in [5, 5.41) is 3.69. The van der Waals surface area contributed by atoms with Gasteiger partial charge in [0.25, 0.3) is 5.91 Å². The van der Waals surface area contributed by atoms with Gasteiger partial charge in [-0.25, -0.2) is 0 Å². The minimum atomic E-state index is -0.113. The van der Waals surface area contributed by atoms with Gasteiger partial charge in [-0.15, -0.1) is 11.8 Å². The van der Waals surface area contributed by atoms with Crippen molar-refractivity contribution < 1.29 is 9.53 Å². The van der Waals surface area contributed by atoms with E-state index in [4.69, 9.17) is 4.74 Å². The number of fused-ring (bicyclic) bond motifs is 2. The summed E-state index contributed by atoms with van der Waals surface area (Å²) in [5.41, 5.74) is 1.31. The second kappa shape index (κ2) is 5.31. The van der Waals surface area contributed by atoms with Crippen molar-refractivity contribution in [3.05, 3.63) is 48.0 Å². The van der Waals surface area contributed by atoms with Crippen LogP contribution in [0.25, 0.3) is 0 Å². The Morgan fingerprint density at radius 2 is 2.10 bits per heavy atom. The van der Waals surface area contributed by atoms with Crippen LogP contribution in [0.5, 0.6) is 11.5 Å². The van der Waals surface area contributed by atoms with Crippen molar-refractivity contribution in [2.75, 3.05) is 16.8 Å². The van der Waals surface area contributed by atoms with Gasteiger partial charge < -0.3 is 10.1 Å². The molecule has 1 amide bonds. The van der Waals surface area contributed by atoms with Gasteiger partial charge in [0.15, 0.2) is 5.75 Å². The van der Waals surface area contributed by atoms with Gasteiger partial charge >= 0.3 is 0 Å². The molecule has 2 aliphatic heterocycles. The van der Waals surface area contributed by atoms with Crippen LogP contribution in [-0.4, -0.2) is 22.7 Å². The molecule has 4 rings (SSSR count). The SMILES string of the molecule is O=C1Nc2ccccc2Oc2ccc(SCC3CS3)cc21. The van der Waals surface area contributed by atoms with Crippen LogP contribution in [-0.2, 0) is 0 Å². The molecule has 2 heterocycles. The van der Waals surface area contributed by atoms with Gasteiger partial charge in [0.1, 0.15) is 5.75 Å². The van der Waals surface area contributed by atoms with Crippen LogP contribution in [0.3, 0.4) is 0 Å². The monoisotopic (exact) mass is 315 g/mol. The Bertz CT molecular complexity index is 713. The molecule has 1 N–H and O–H groups in total. The Balaban J connectivity index is 1.65. The van der Waals surface area contributed by atoms with Crippen LogP contribution in [0, 0.1) is 0 Å². The Morgan fingerprint density at radius 1 is 1.24 bits per heavy atom. The highest BCUT2D eigenvalue weighted by Gasteiger charge is 2.24. The molecule has 1 saturated heterocycles. The van der Waals surface area contributed by atoms with E-state index in [0.29, 0.717) is 22.7 Å². The summed E-state index contributed by atoms with van der Waals surface area (Å²) in [7, 11) is 0. The first-order valence-corrected chi connectivity index (χ1v) is 8.80. The first-order chi connectivity index (χ1) is 10.3. The average molecular weight is 315 g/mol. The van der Waals surface area contributed by atoms with Crippen LogP contribution in [0.2, 0.25) is 0 Å². The number of ether oxygens (including phenoxy) is 1. The number of carbonyl (C=O) groups excluding carboxylic acids is 1. The predicted octanol–water partition coefficient (Wildman–Crippen LogP) is 4.25. The average Bonchev–Trinajstić information content (AvgIpc) is 3.32. The highest BCUT2D eigenvalue weighted by atomic mass is 32.2. The van der Waals surface area contributed by atoms with Crippen LogP contribution in [0.15, 0.2) is 47.4 Å². The molecule has 5 heteroatoms. The number of hydrogen-bond donors (Lipinski definition) is 1. The molecule has 0 aromatic heterocycles. The van der Waals surface area contributed by atoms with E-state index in [0.717, 1.165) is 15.9 Å². The minimum Gasteiger partial charge on any atom is -0.454 e. The Morgan fingerprint density at radius 3 is 2.95 bits per heavy atom. The second-order valence-corrected chi connectivity index (χ2v) is 7.40. The fourth-order valence-corrected chi connectivity index (χ4v) is 4.04. The molecular weight excluding hydrogens is 302 g/mol. The molecule has 106 valence electrons. The number of hydrogen-bond acceptors (Lipinski definition) is 4. The van der Waals surface area contributed by atoms with E-state index < -0.39 is 0 Å². The first-order valence-electron chi connectivity index (χ1n) is 6.76. The zero-order chi connectivity index (χ0) is 14.2. The summed E-state index contributed by atoms with van der Waals surface area (Å²) in [5.74, 6) is 3.54. The lowest BCUT2D eigenvalue weighted by molar-refractivity contribution is 0.102. The van der Waals surface area contributed by atoms with Crippen molar-refractivity contribution in [2.24, 2.45) is 0 Å². The predicted molar refractivity (Wildman–Crippen MR) is 87.9 cm³/mol. The molecule has 2 aromatic rings. The summed E-state index contributed by atoms with van der Waals surface area (Å²) in [6.45, 7) is 0. The summed E-state index contributed by atoms with van der Waals surface area (Å²) in [6.07, 6.45) is 0. The first kappa shape index (κ1) is 13.1. The Labute approximate surface area is 131 Å². The molecule has 1 atom stereocenters. The summed E-state index contributed by atoms with van der Waals surface area (Å²) < 4.78 is 5.87. The van der Waals surface area contributed by atoms with E-state index >= 15 is 0 Å². The van der Waals surface area contributed by atoms with E-state index in [2.05, 4.69) is 5.32 Å². The maximum atomic E-state index is 12.4. The molecule has 2 aromatic carbocycles. The lowest BCUT2D eigenvalue weighted by Gasteiger charge is -2.08. The van der Waals surface area contributed by atoms with Gasteiger partial charge in [-0.1, -0.05) is 12.1 Å². The highest BCUT2D eigenvalue weighted by Crippen LogP contribution is 2.39. The number of amides is 1. The summed E-state index contributed by atoms with van der Waals surface area (Å²) >= 11 is 3.79. The Hall–Kier alpha value is -1.59. The van der Waals surface area contributed by atoms with E-state index in [-0.39, 0.29) is 5.91 Å². The van der Waals surface area contributed by atoms with Gasteiger partial charge in [0, 0.05) is 21.7 Å². The third-order valence-corrected chi connectivity index (χ3v) is 5.73. The van der Waals surface area contributed by atoms with E-state index in [1.54, 1.807) is 11.8 Å². The van der Waals surface area contributed by atoms with E-state index in [9.17, 15) is 4.79 Å². The maximum Gasteiger partial charge on any atom is 0.259 e. The topological polar surface area (TPSA) is 38.3 Å². The number of thioether (sulfide) groups is 2. The fraction of sp³-hybridized carbons (Fsp3) is 0.188. The summed E-state index contributed by atoms with van der Waals surface area (Å²) in [6, 6.07) is 13.3. The molecule has 3 nitrogen and oxygen atoms in total. The third kappa shape index (κ3) is 2.76. The highest BCUT2D eigenvalue weighted by molar-refractivity contribution is 8.08. The van der Waals surface area contributed by atoms with Crippen molar-refractivity contribution in [3.8, 4) is 11.5 Å². The van der Waals surface area contributed by atoms with Gasteiger partial charge in [0.05, 0.1) is 11.3 Å².